The lowest BCUT2D eigenvalue weighted by Crippen LogP contribution is -2.52. The molecule has 1 spiro atoms. The van der Waals surface area contributed by atoms with E-state index >= 15 is 0 Å². The average Bonchev–Trinajstić information content (AvgIpc) is 3.63. The lowest BCUT2D eigenvalue weighted by Gasteiger charge is -2.56. The number of rotatable bonds is 10. The minimum Gasteiger partial charge on any atom is -0.508 e. The first-order valence-electron chi connectivity index (χ1n) is 19.7. The van der Waals surface area contributed by atoms with Crippen LogP contribution in [0.3, 0.4) is 0 Å². The van der Waals surface area contributed by atoms with Crippen LogP contribution < -0.4 is 5.32 Å². The smallest absolute Gasteiger partial charge is 0.340 e. The van der Waals surface area contributed by atoms with Crippen molar-refractivity contribution in [2.24, 2.45) is 40.9 Å². The number of benzene rings is 2. The highest BCUT2D eigenvalue weighted by atomic mass is 16.5. The van der Waals surface area contributed by atoms with Gasteiger partial charge >= 0.3 is 11.9 Å². The molecule has 2 N–H and O–H groups in total. The van der Waals surface area contributed by atoms with Crippen LogP contribution in [-0.2, 0) is 19.1 Å². The minimum atomic E-state index is -0.749. The molecule has 5 atom stereocenters. The molecule has 6 nitrogen and oxygen atoms in total. The van der Waals surface area contributed by atoms with Gasteiger partial charge in [-0.05, 0) is 153 Å². The molecule has 51 heavy (non-hydrogen) atoms. The van der Waals surface area contributed by atoms with Crippen LogP contribution in [-0.4, -0.2) is 30.1 Å². The fourth-order valence-corrected chi connectivity index (χ4v) is 10.6. The molecule has 0 radical (unpaired) electrons. The summed E-state index contributed by atoms with van der Waals surface area (Å²) in [6.07, 6.45) is 15.3. The molecule has 3 aliphatic heterocycles. The summed E-state index contributed by atoms with van der Waals surface area (Å²) in [5.41, 5.74) is 5.76. The van der Waals surface area contributed by atoms with Gasteiger partial charge in [-0.15, -0.1) is 0 Å². The summed E-state index contributed by atoms with van der Waals surface area (Å²) in [6, 6.07) is 15.8. The van der Waals surface area contributed by atoms with Crippen molar-refractivity contribution in [2.75, 3.05) is 13.1 Å². The maximum Gasteiger partial charge on any atom is 0.340 e. The predicted octanol–water partition coefficient (Wildman–Crippen LogP) is 9.67. The molecule has 4 aliphatic carbocycles. The van der Waals surface area contributed by atoms with E-state index in [1.54, 1.807) is 6.07 Å². The number of piperidine rings is 1. The number of carbonyl (C=O) groups excluding carboxylic acids is 2. The van der Waals surface area contributed by atoms with Crippen molar-refractivity contribution in [1.29, 1.82) is 0 Å². The van der Waals surface area contributed by atoms with Crippen molar-refractivity contribution >= 4 is 17.5 Å². The first-order valence-corrected chi connectivity index (χ1v) is 19.7. The first-order chi connectivity index (χ1) is 24.8. The largest absolute Gasteiger partial charge is 0.508 e. The lowest BCUT2D eigenvalue weighted by molar-refractivity contribution is -0.135. The van der Waals surface area contributed by atoms with Crippen LogP contribution in [0.1, 0.15) is 97.0 Å². The maximum atomic E-state index is 14.5. The topological polar surface area (TPSA) is 84.9 Å². The molecule has 3 heterocycles. The summed E-state index contributed by atoms with van der Waals surface area (Å²) >= 11 is 0. The number of nitrogens with one attached hydrogen (secondary N) is 1. The van der Waals surface area contributed by atoms with Gasteiger partial charge in [0.05, 0.1) is 11.0 Å². The summed E-state index contributed by atoms with van der Waals surface area (Å²) in [5.74, 6) is 2.74. The number of ether oxygens (including phenoxy) is 2. The Kier molecular flexibility index (Phi) is 9.33. The molecular weight excluding hydrogens is 634 g/mol. The number of fused-ring (bicyclic) bond motifs is 1. The average molecular weight is 688 g/mol. The van der Waals surface area contributed by atoms with E-state index < -0.39 is 5.41 Å². The highest BCUT2D eigenvalue weighted by Crippen LogP contribution is 2.72. The van der Waals surface area contributed by atoms with E-state index in [-0.39, 0.29) is 41.4 Å². The Bertz CT molecular complexity index is 1830. The third kappa shape index (κ3) is 5.92. The van der Waals surface area contributed by atoms with Crippen molar-refractivity contribution in [3.63, 3.8) is 0 Å². The van der Waals surface area contributed by atoms with Crippen molar-refractivity contribution in [2.45, 2.75) is 91.4 Å². The Morgan fingerprint density at radius 3 is 2.51 bits per heavy atom. The van der Waals surface area contributed by atoms with Crippen LogP contribution in [0.2, 0.25) is 0 Å². The van der Waals surface area contributed by atoms with Gasteiger partial charge < -0.3 is 19.9 Å². The number of hydrogen-bond acceptors (Lipinski definition) is 6. The second-order valence-corrected chi connectivity index (χ2v) is 16.4. The van der Waals surface area contributed by atoms with Crippen molar-refractivity contribution in [1.82, 2.24) is 5.32 Å². The van der Waals surface area contributed by atoms with Crippen LogP contribution >= 0.6 is 0 Å². The number of hydrogen-bond donors (Lipinski definition) is 2. The molecule has 2 aromatic rings. The van der Waals surface area contributed by atoms with Crippen molar-refractivity contribution < 1.29 is 24.2 Å². The molecule has 6 heteroatoms. The molecule has 1 saturated carbocycles. The second kappa shape index (κ2) is 13.9. The maximum absolute atomic E-state index is 14.5. The first kappa shape index (κ1) is 34.2. The molecule has 2 aromatic carbocycles. The van der Waals surface area contributed by atoms with Crippen LogP contribution in [0.5, 0.6) is 5.75 Å². The van der Waals surface area contributed by atoms with E-state index in [1.807, 2.05) is 30.3 Å². The van der Waals surface area contributed by atoms with Gasteiger partial charge in [-0.3, -0.25) is 0 Å². The van der Waals surface area contributed by atoms with E-state index in [2.05, 4.69) is 50.4 Å². The van der Waals surface area contributed by atoms with Gasteiger partial charge in [0.2, 0.25) is 0 Å². The molecule has 3 fully saturated rings. The van der Waals surface area contributed by atoms with E-state index in [4.69, 9.17) is 9.47 Å². The molecule has 7 aliphatic rings. The fraction of sp³-hybridized carbons (Fsp3) is 0.511. The Hall–Kier alpha value is -3.90. The van der Waals surface area contributed by atoms with E-state index in [0.29, 0.717) is 17.4 Å². The number of esters is 2. The number of phenolic OH excluding ortho intramolecular Hbond substituents is 1. The van der Waals surface area contributed by atoms with Gasteiger partial charge in [-0.25, -0.2) is 9.59 Å². The molecule has 268 valence electrons. The molecule has 2 saturated heterocycles. The zero-order valence-electron chi connectivity index (χ0n) is 30.5. The Morgan fingerprint density at radius 2 is 1.75 bits per heavy atom. The summed E-state index contributed by atoms with van der Waals surface area (Å²) in [6.45, 7) is 8.89. The van der Waals surface area contributed by atoms with Gasteiger partial charge in [-0.2, -0.15) is 0 Å². The standard InChI is InChI=1S/C45H53NO5/c1-4-28(14-13-27(2)3)25-38-45-22-19-33(39(42(45)44(49)51-38)36-26-31(47)15-16-32(36)30-10-6-5-7-11-30)34-17-18-35-37(50-43(48)40(35)41(34)45)12-8-9-29-20-23-46-24-21-29/h5-7,10-12,15-16,25-29,33-34,41,46-47H,4,8-9,13-14,17-24H2,1-3H3/b37-12?,38-25-/t28-,33+,34-,41+,45+/m0/s1. The zero-order valence-corrected chi connectivity index (χ0v) is 30.5. The van der Waals surface area contributed by atoms with Gasteiger partial charge in [0.1, 0.15) is 17.3 Å². The van der Waals surface area contributed by atoms with E-state index in [0.717, 1.165) is 116 Å². The molecule has 0 amide bonds. The monoisotopic (exact) mass is 687 g/mol. The SMILES string of the molecule is CC[C@H](/C=C1\OC(=O)C2=C(c3cc(O)ccc3-c3ccccc3)[C@@H]3CC[C@@]21[C@H]1C2=C(CC[C@@H]31)C(=CCCC1CCNCC1)OC2=O)CCC(C)C. The minimum absolute atomic E-state index is 0.0562. The normalized spacial score (nSPS) is 29.5. The fourth-order valence-electron chi connectivity index (χ4n) is 10.6. The molecule has 9 rings (SSSR count). The zero-order chi connectivity index (χ0) is 35.3. The molecule has 0 aromatic heterocycles. The highest BCUT2D eigenvalue weighted by molar-refractivity contribution is 6.07. The Balaban J connectivity index is 1.28. The Morgan fingerprint density at radius 1 is 0.941 bits per heavy atom. The van der Waals surface area contributed by atoms with Crippen molar-refractivity contribution in [3.05, 3.63) is 94.5 Å². The van der Waals surface area contributed by atoms with Gasteiger partial charge in [0, 0.05) is 17.1 Å². The lowest BCUT2D eigenvalue weighted by atomic mass is 9.44. The van der Waals surface area contributed by atoms with E-state index in [9.17, 15) is 14.7 Å². The number of phenols is 1. The van der Waals surface area contributed by atoms with Gasteiger partial charge in [-0.1, -0.05) is 63.6 Å². The Labute approximate surface area is 303 Å². The summed E-state index contributed by atoms with van der Waals surface area (Å²) < 4.78 is 12.7. The highest BCUT2D eigenvalue weighted by Gasteiger charge is 2.68. The van der Waals surface area contributed by atoms with Crippen LogP contribution in [0.15, 0.2) is 88.9 Å². The van der Waals surface area contributed by atoms with Gasteiger partial charge in [0.25, 0.3) is 0 Å². The molecule has 2 bridgehead atoms. The third-order valence-electron chi connectivity index (χ3n) is 13.1. The second-order valence-electron chi connectivity index (χ2n) is 16.4. The van der Waals surface area contributed by atoms with Gasteiger partial charge in [0.15, 0.2) is 0 Å². The number of cyclic esters (lactones) is 2. The molecular formula is C45H53NO5. The number of allylic oxidation sites excluding steroid dienone is 5. The van der Waals surface area contributed by atoms with E-state index in [1.165, 1.54) is 12.8 Å². The van der Waals surface area contributed by atoms with Crippen LogP contribution in [0.4, 0.5) is 0 Å². The number of aromatic hydroxyl groups is 1. The predicted molar refractivity (Wildman–Crippen MR) is 200 cm³/mol. The summed E-state index contributed by atoms with van der Waals surface area (Å²) in [4.78, 5) is 28.7. The number of carbonyl (C=O) groups is 2. The van der Waals surface area contributed by atoms with Crippen molar-refractivity contribution in [3.8, 4) is 16.9 Å². The third-order valence-corrected chi connectivity index (χ3v) is 13.1. The quantitative estimate of drug-likeness (QED) is 0.242. The molecule has 0 unspecified atom stereocenters. The summed E-state index contributed by atoms with van der Waals surface area (Å²) in [7, 11) is 0. The summed E-state index contributed by atoms with van der Waals surface area (Å²) in [5, 5.41) is 14.4. The van der Waals surface area contributed by atoms with Crippen LogP contribution in [0, 0.1) is 40.9 Å². The van der Waals surface area contributed by atoms with Crippen LogP contribution in [0.25, 0.3) is 16.7 Å².